The van der Waals surface area contributed by atoms with Crippen molar-refractivity contribution in [2.75, 3.05) is 0 Å². The van der Waals surface area contributed by atoms with Gasteiger partial charge in [0.25, 0.3) is 5.52 Å². The van der Waals surface area contributed by atoms with Gasteiger partial charge in [-0.25, -0.2) is 0 Å². The van der Waals surface area contributed by atoms with Gasteiger partial charge in [0.1, 0.15) is 0 Å². The van der Waals surface area contributed by atoms with Gasteiger partial charge in [-0.15, -0.1) is 0 Å². The lowest BCUT2D eigenvalue weighted by Gasteiger charge is -2.16. The van der Waals surface area contributed by atoms with Crippen LogP contribution < -0.4 is 0 Å². The molecule has 0 aromatic heterocycles. The highest BCUT2D eigenvalue weighted by atomic mass is 31.2. The molecule has 7 heteroatoms. The first kappa shape index (κ1) is 22.5. The van der Waals surface area contributed by atoms with E-state index in [2.05, 4.69) is 0 Å². The summed E-state index contributed by atoms with van der Waals surface area (Å²) >= 11 is 0. The molecule has 3 aromatic rings. The molecule has 0 amide bonds. The number of hydrogen-bond donors (Lipinski definition) is 2. The van der Waals surface area contributed by atoms with E-state index in [1.54, 1.807) is 69.3 Å². The molecule has 0 bridgehead atoms. The second-order valence-electron chi connectivity index (χ2n) is 7.43. The summed E-state index contributed by atoms with van der Waals surface area (Å²) in [5.74, 6) is -1.18. The topological polar surface area (TPSA) is 109 Å². The number of aryl methyl sites for hydroxylation is 3. The highest BCUT2D eigenvalue weighted by Gasteiger charge is 2.36. The lowest BCUT2D eigenvalue weighted by Crippen LogP contribution is -2.18. The fourth-order valence-electron chi connectivity index (χ4n) is 3.43. The van der Waals surface area contributed by atoms with E-state index < -0.39 is 30.3 Å². The second kappa shape index (κ2) is 8.52. The van der Waals surface area contributed by atoms with Crippen molar-refractivity contribution >= 4 is 24.7 Å². The average Bonchev–Trinajstić information content (AvgIpc) is 2.71. The smallest absolute Gasteiger partial charge is 0.319 e. The Balaban J connectivity index is 2.32. The number of ketones is 2. The lowest BCUT2D eigenvalue weighted by molar-refractivity contribution is 0.0995. The molecular weight excluding hydrogens is 415 g/mol. The van der Waals surface area contributed by atoms with Gasteiger partial charge in [-0.3, -0.25) is 18.9 Å². The van der Waals surface area contributed by atoms with Gasteiger partial charge in [-0.05, 0) is 44.5 Å². The van der Waals surface area contributed by atoms with E-state index in [0.29, 0.717) is 5.56 Å². The van der Waals surface area contributed by atoms with Crippen LogP contribution in [-0.2, 0) is 4.57 Å². The van der Waals surface area contributed by atoms with Gasteiger partial charge in [0.15, 0.2) is 11.6 Å². The molecule has 158 valence electrons. The van der Waals surface area contributed by atoms with Crippen LogP contribution in [0.3, 0.4) is 0 Å². The average molecular weight is 436 g/mol. The minimum absolute atomic E-state index is 0.183. The molecule has 0 spiro atoms. The van der Waals surface area contributed by atoms with Crippen LogP contribution in [0.5, 0.6) is 0 Å². The maximum atomic E-state index is 13.3. The largest absolute Gasteiger partial charge is 0.396 e. The summed E-state index contributed by atoms with van der Waals surface area (Å²) in [5, 5.41) is 0. The summed E-state index contributed by atoms with van der Waals surface area (Å²) in [5.41, 5.74) is -0.0626. The summed E-state index contributed by atoms with van der Waals surface area (Å²) in [7, 11) is -5.28. The van der Waals surface area contributed by atoms with E-state index in [-0.39, 0.29) is 22.3 Å². The molecule has 0 unspecified atom stereocenters. The van der Waals surface area contributed by atoms with E-state index in [1.165, 1.54) is 12.1 Å². The van der Waals surface area contributed by atoms with Crippen LogP contribution >= 0.6 is 7.60 Å². The Morgan fingerprint density at radius 2 is 1.23 bits per heavy atom. The van der Waals surface area contributed by atoms with Crippen LogP contribution in [0.1, 0.15) is 58.9 Å². The van der Waals surface area contributed by atoms with Gasteiger partial charge in [0, 0.05) is 22.3 Å². The summed E-state index contributed by atoms with van der Waals surface area (Å²) in [6, 6.07) is 16.1. The number of hydrogen-bond acceptors (Lipinski definition) is 4. The van der Waals surface area contributed by atoms with Crippen LogP contribution in [0.4, 0.5) is 0 Å². The zero-order chi connectivity index (χ0) is 22.9. The molecule has 0 atom stereocenters. The van der Waals surface area contributed by atoms with Gasteiger partial charge in [-0.1, -0.05) is 53.6 Å². The van der Waals surface area contributed by atoms with Crippen molar-refractivity contribution < 1.29 is 28.7 Å². The van der Waals surface area contributed by atoms with Crippen molar-refractivity contribution in [3.63, 3.8) is 0 Å². The van der Waals surface area contributed by atoms with E-state index in [9.17, 15) is 28.7 Å². The third-order valence-electron chi connectivity index (χ3n) is 4.92. The van der Waals surface area contributed by atoms with E-state index in [1.807, 2.05) is 0 Å². The molecule has 0 fully saturated rings. The van der Waals surface area contributed by atoms with Gasteiger partial charge in [0.05, 0.1) is 5.56 Å². The fraction of sp³-hybridized carbons (Fsp3) is 0.125. The van der Waals surface area contributed by atoms with Gasteiger partial charge < -0.3 is 9.79 Å². The molecule has 0 aliphatic heterocycles. The molecule has 0 aliphatic rings. The molecule has 6 nitrogen and oxygen atoms in total. The SMILES string of the molecule is Cc1cccc(C(=O)c2ccc(C)c(C(=O)c3cccc(C)c3)c2C(=O)P(=O)(O)O)c1. The van der Waals surface area contributed by atoms with Crippen molar-refractivity contribution in [3.05, 3.63) is 105 Å². The molecule has 0 radical (unpaired) electrons. The van der Waals surface area contributed by atoms with Crippen LogP contribution in [-0.4, -0.2) is 26.9 Å². The first-order valence-electron chi connectivity index (χ1n) is 9.47. The third-order valence-corrected chi connectivity index (χ3v) is 5.68. The number of carbonyl (C=O) groups is 3. The molecule has 31 heavy (non-hydrogen) atoms. The van der Waals surface area contributed by atoms with Crippen LogP contribution in [0, 0.1) is 20.8 Å². The molecule has 0 saturated carbocycles. The van der Waals surface area contributed by atoms with Gasteiger partial charge in [-0.2, -0.15) is 0 Å². The minimum Gasteiger partial charge on any atom is -0.319 e. The number of benzene rings is 3. The van der Waals surface area contributed by atoms with E-state index >= 15 is 0 Å². The van der Waals surface area contributed by atoms with Crippen molar-refractivity contribution in [1.82, 2.24) is 0 Å². The fourth-order valence-corrected chi connectivity index (χ4v) is 3.95. The molecule has 2 N–H and O–H groups in total. The second-order valence-corrected chi connectivity index (χ2v) is 8.92. The van der Waals surface area contributed by atoms with Crippen molar-refractivity contribution in [2.45, 2.75) is 20.8 Å². The normalized spacial score (nSPS) is 11.3. The van der Waals surface area contributed by atoms with Gasteiger partial charge in [0.2, 0.25) is 0 Å². The highest BCUT2D eigenvalue weighted by molar-refractivity contribution is 7.71. The Hall–Kier alpha value is -3.18. The number of carbonyl (C=O) groups excluding carboxylic acids is 3. The summed E-state index contributed by atoms with van der Waals surface area (Å²) < 4.78 is 11.9. The maximum absolute atomic E-state index is 13.3. The Bertz CT molecular complexity index is 1270. The predicted molar refractivity (Wildman–Crippen MR) is 117 cm³/mol. The zero-order valence-corrected chi connectivity index (χ0v) is 18.1. The van der Waals surface area contributed by atoms with Crippen molar-refractivity contribution in [2.24, 2.45) is 0 Å². The first-order chi connectivity index (χ1) is 14.5. The van der Waals surface area contributed by atoms with E-state index in [0.717, 1.165) is 11.1 Å². The van der Waals surface area contributed by atoms with Crippen molar-refractivity contribution in [3.8, 4) is 0 Å². The predicted octanol–water partition coefficient (Wildman–Crippen LogP) is 4.39. The molecule has 0 heterocycles. The number of rotatable bonds is 6. The van der Waals surface area contributed by atoms with Gasteiger partial charge >= 0.3 is 7.60 Å². The molecule has 0 aliphatic carbocycles. The standard InChI is InChI=1S/C24H21O6P/c1-14-6-4-8-17(12-14)22(25)19-11-10-16(3)20(21(19)24(27)31(28,29)30)23(26)18-9-5-7-15(2)13-18/h4-13H,1-3H3,(H2,28,29,30). The summed E-state index contributed by atoms with van der Waals surface area (Å²) in [6.45, 7) is 5.14. The first-order valence-corrected chi connectivity index (χ1v) is 11.1. The molecule has 0 saturated heterocycles. The summed E-state index contributed by atoms with van der Waals surface area (Å²) in [6.07, 6.45) is 0. The highest BCUT2D eigenvalue weighted by Crippen LogP contribution is 2.42. The maximum Gasteiger partial charge on any atom is 0.396 e. The molecule has 3 aromatic carbocycles. The molecule has 3 rings (SSSR count). The molecular formula is C24H21O6P. The summed E-state index contributed by atoms with van der Waals surface area (Å²) in [4.78, 5) is 58.6. The zero-order valence-electron chi connectivity index (χ0n) is 17.2. The third kappa shape index (κ3) is 4.62. The van der Waals surface area contributed by atoms with Crippen molar-refractivity contribution in [1.29, 1.82) is 0 Å². The quantitative estimate of drug-likeness (QED) is 0.438. The Morgan fingerprint density at radius 1 is 0.710 bits per heavy atom. The Morgan fingerprint density at radius 3 is 1.71 bits per heavy atom. The van der Waals surface area contributed by atoms with Crippen LogP contribution in [0.15, 0.2) is 60.7 Å². The van der Waals surface area contributed by atoms with Crippen LogP contribution in [0.25, 0.3) is 0 Å². The minimum atomic E-state index is -5.28. The Kier molecular flexibility index (Phi) is 6.18. The van der Waals surface area contributed by atoms with E-state index in [4.69, 9.17) is 0 Å². The Labute approximate surface area is 179 Å². The monoisotopic (exact) mass is 436 g/mol. The van der Waals surface area contributed by atoms with Crippen LogP contribution in [0.2, 0.25) is 0 Å². The lowest BCUT2D eigenvalue weighted by atomic mass is 9.88.